The van der Waals surface area contributed by atoms with E-state index < -0.39 is 23.3 Å². The minimum atomic E-state index is -0.706. The van der Waals surface area contributed by atoms with Crippen molar-refractivity contribution in [1.29, 1.82) is 0 Å². The Bertz CT molecular complexity index is 666. The first-order valence-corrected chi connectivity index (χ1v) is 8.60. The second-order valence-electron chi connectivity index (χ2n) is 6.60. The molecule has 1 aromatic carbocycles. The molecule has 2 atom stereocenters. The van der Waals surface area contributed by atoms with Crippen LogP contribution in [0.5, 0.6) is 0 Å². The van der Waals surface area contributed by atoms with Crippen molar-refractivity contribution in [3.8, 4) is 0 Å². The maximum absolute atomic E-state index is 13.8. The van der Waals surface area contributed by atoms with Gasteiger partial charge in [-0.3, -0.25) is 9.59 Å². The first-order chi connectivity index (χ1) is 12.0. The Morgan fingerprint density at radius 3 is 2.58 bits per heavy atom. The number of carbonyl (C=O) groups is 2. The summed E-state index contributed by atoms with van der Waals surface area (Å²) in [6.45, 7) is 3.93. The first kappa shape index (κ1) is 20.7. The Hall–Kier alpha value is -1.57. The number of Topliss-reactive ketones (excluding diaryl/α,β-unsaturated/α-hetero) is 1. The standard InChI is InChI=1S/C18H22F2N2O3.ClH/c1-11-16(21-6-9-25-11)18(24)22-7-4-12(5-8-22)17(23)14-10-13(19)2-3-15(14)20;/h2-3,10-12,16,21H,4-9H2,1H3;1H/t11-,16+;/m1./s1. The van der Waals surface area contributed by atoms with Gasteiger partial charge in [0.2, 0.25) is 5.91 Å². The van der Waals surface area contributed by atoms with Gasteiger partial charge in [0, 0.05) is 25.6 Å². The van der Waals surface area contributed by atoms with E-state index in [2.05, 4.69) is 5.32 Å². The number of morpholine rings is 1. The van der Waals surface area contributed by atoms with Crippen LogP contribution in [0, 0.1) is 17.6 Å². The molecule has 8 heteroatoms. The van der Waals surface area contributed by atoms with E-state index in [9.17, 15) is 18.4 Å². The summed E-state index contributed by atoms with van der Waals surface area (Å²) >= 11 is 0. The monoisotopic (exact) mass is 388 g/mol. The fourth-order valence-corrected chi connectivity index (χ4v) is 3.47. The average molecular weight is 389 g/mol. The van der Waals surface area contributed by atoms with Gasteiger partial charge in [-0.05, 0) is 38.0 Å². The van der Waals surface area contributed by atoms with Gasteiger partial charge in [-0.25, -0.2) is 8.78 Å². The van der Waals surface area contributed by atoms with E-state index >= 15 is 0 Å². The van der Waals surface area contributed by atoms with Crippen molar-refractivity contribution >= 4 is 24.1 Å². The number of rotatable bonds is 3. The minimum absolute atomic E-state index is 0. The molecule has 2 aliphatic rings. The number of ether oxygens (including phenoxy) is 1. The average Bonchev–Trinajstić information content (AvgIpc) is 2.63. The van der Waals surface area contributed by atoms with Crippen molar-refractivity contribution < 1.29 is 23.1 Å². The molecule has 2 heterocycles. The second-order valence-corrected chi connectivity index (χ2v) is 6.60. The number of ketones is 1. The number of piperidine rings is 1. The fourth-order valence-electron chi connectivity index (χ4n) is 3.47. The van der Waals surface area contributed by atoms with Crippen molar-refractivity contribution in [2.24, 2.45) is 5.92 Å². The number of hydrogen-bond donors (Lipinski definition) is 1. The van der Waals surface area contributed by atoms with Crippen LogP contribution >= 0.6 is 12.4 Å². The Morgan fingerprint density at radius 2 is 1.92 bits per heavy atom. The highest BCUT2D eigenvalue weighted by atomic mass is 35.5. The van der Waals surface area contributed by atoms with E-state index in [4.69, 9.17) is 4.74 Å². The van der Waals surface area contributed by atoms with E-state index in [-0.39, 0.29) is 36.0 Å². The molecule has 144 valence electrons. The first-order valence-electron chi connectivity index (χ1n) is 8.60. The zero-order chi connectivity index (χ0) is 18.0. The van der Waals surface area contributed by atoms with Crippen LogP contribution in [-0.2, 0) is 9.53 Å². The highest BCUT2D eigenvalue weighted by Crippen LogP contribution is 2.24. The van der Waals surface area contributed by atoms with Crippen LogP contribution in [0.15, 0.2) is 18.2 Å². The summed E-state index contributed by atoms with van der Waals surface area (Å²) in [5, 5.41) is 3.17. The maximum atomic E-state index is 13.8. The molecule has 2 aliphatic heterocycles. The third-order valence-electron chi connectivity index (χ3n) is 4.95. The second kappa shape index (κ2) is 8.88. The molecule has 1 aromatic rings. The third-order valence-corrected chi connectivity index (χ3v) is 4.95. The van der Waals surface area contributed by atoms with Gasteiger partial charge in [0.15, 0.2) is 5.78 Å². The SMILES string of the molecule is C[C@H]1OCCN[C@@H]1C(=O)N1CCC(C(=O)c2cc(F)ccc2F)CC1.Cl. The Balaban J connectivity index is 0.00000243. The summed E-state index contributed by atoms with van der Waals surface area (Å²) in [6.07, 6.45) is 0.701. The lowest BCUT2D eigenvalue weighted by Gasteiger charge is -2.37. The highest BCUT2D eigenvalue weighted by Gasteiger charge is 2.35. The fraction of sp³-hybridized carbons (Fsp3) is 0.556. The largest absolute Gasteiger partial charge is 0.375 e. The van der Waals surface area contributed by atoms with Crippen LogP contribution in [-0.4, -0.2) is 55.0 Å². The van der Waals surface area contributed by atoms with Crippen LogP contribution in [0.2, 0.25) is 0 Å². The van der Waals surface area contributed by atoms with Crippen molar-refractivity contribution in [1.82, 2.24) is 10.2 Å². The van der Waals surface area contributed by atoms with Crippen LogP contribution in [0.3, 0.4) is 0 Å². The number of amides is 1. The van der Waals surface area contributed by atoms with E-state index in [0.29, 0.717) is 39.1 Å². The number of likely N-dealkylation sites (tertiary alicyclic amines) is 1. The van der Waals surface area contributed by atoms with Gasteiger partial charge >= 0.3 is 0 Å². The van der Waals surface area contributed by atoms with E-state index in [1.165, 1.54) is 0 Å². The number of benzene rings is 1. The molecular formula is C18H23ClF2N2O3. The Morgan fingerprint density at radius 1 is 1.23 bits per heavy atom. The number of carbonyl (C=O) groups excluding carboxylic acids is 2. The van der Waals surface area contributed by atoms with Crippen molar-refractivity contribution in [2.75, 3.05) is 26.2 Å². The summed E-state index contributed by atoms with van der Waals surface area (Å²) < 4.78 is 32.6. The van der Waals surface area contributed by atoms with Gasteiger partial charge in [-0.2, -0.15) is 0 Å². The van der Waals surface area contributed by atoms with Crippen molar-refractivity contribution in [2.45, 2.75) is 31.9 Å². The van der Waals surface area contributed by atoms with Crippen LogP contribution in [0.25, 0.3) is 0 Å². The quantitative estimate of drug-likeness (QED) is 0.806. The van der Waals surface area contributed by atoms with Gasteiger partial charge in [0.1, 0.15) is 17.7 Å². The predicted octanol–water partition coefficient (Wildman–Crippen LogP) is 2.18. The normalized spacial score (nSPS) is 24.0. The molecule has 0 aromatic heterocycles. The zero-order valence-corrected chi connectivity index (χ0v) is 15.4. The molecule has 5 nitrogen and oxygen atoms in total. The van der Waals surface area contributed by atoms with Gasteiger partial charge in [0.05, 0.1) is 18.3 Å². The lowest BCUT2D eigenvalue weighted by molar-refractivity contribution is -0.140. The summed E-state index contributed by atoms with van der Waals surface area (Å²) in [4.78, 5) is 26.8. The van der Waals surface area contributed by atoms with Gasteiger partial charge in [-0.15, -0.1) is 12.4 Å². The molecule has 2 saturated heterocycles. The lowest BCUT2D eigenvalue weighted by atomic mass is 9.88. The number of nitrogens with zero attached hydrogens (tertiary/aromatic N) is 1. The Kier molecular flexibility index (Phi) is 7.08. The molecule has 1 amide bonds. The molecular weight excluding hydrogens is 366 g/mol. The molecule has 0 spiro atoms. The minimum Gasteiger partial charge on any atom is -0.375 e. The summed E-state index contributed by atoms with van der Waals surface area (Å²) in [6, 6.07) is 2.53. The summed E-state index contributed by atoms with van der Waals surface area (Å²) in [7, 11) is 0. The van der Waals surface area contributed by atoms with Gasteiger partial charge < -0.3 is 15.0 Å². The number of hydrogen-bond acceptors (Lipinski definition) is 4. The molecule has 2 fully saturated rings. The number of nitrogens with one attached hydrogen (secondary N) is 1. The molecule has 0 radical (unpaired) electrons. The molecule has 0 unspecified atom stereocenters. The van der Waals surface area contributed by atoms with Crippen molar-refractivity contribution in [3.63, 3.8) is 0 Å². The summed E-state index contributed by atoms with van der Waals surface area (Å²) in [5.41, 5.74) is -0.208. The van der Waals surface area contributed by atoms with E-state index in [1.807, 2.05) is 6.92 Å². The molecule has 0 saturated carbocycles. The zero-order valence-electron chi connectivity index (χ0n) is 14.5. The van der Waals surface area contributed by atoms with Crippen LogP contribution in [0.1, 0.15) is 30.1 Å². The smallest absolute Gasteiger partial charge is 0.242 e. The maximum Gasteiger partial charge on any atom is 0.242 e. The topological polar surface area (TPSA) is 58.6 Å². The molecule has 1 N–H and O–H groups in total. The van der Waals surface area contributed by atoms with Gasteiger partial charge in [-0.1, -0.05) is 0 Å². The number of halogens is 3. The van der Waals surface area contributed by atoms with E-state index in [1.54, 1.807) is 4.90 Å². The molecule has 0 bridgehead atoms. The predicted molar refractivity (Wildman–Crippen MR) is 94.4 cm³/mol. The van der Waals surface area contributed by atoms with Crippen molar-refractivity contribution in [3.05, 3.63) is 35.4 Å². The molecule has 3 rings (SSSR count). The third kappa shape index (κ3) is 4.39. The van der Waals surface area contributed by atoms with Crippen LogP contribution < -0.4 is 5.32 Å². The van der Waals surface area contributed by atoms with Crippen LogP contribution in [0.4, 0.5) is 8.78 Å². The lowest BCUT2D eigenvalue weighted by Crippen LogP contribution is -2.57. The van der Waals surface area contributed by atoms with E-state index in [0.717, 1.165) is 18.2 Å². The Labute approximate surface area is 157 Å². The summed E-state index contributed by atoms with van der Waals surface area (Å²) in [5.74, 6) is -2.16. The highest BCUT2D eigenvalue weighted by molar-refractivity contribution is 5.98. The van der Waals surface area contributed by atoms with Gasteiger partial charge in [0.25, 0.3) is 0 Å². The molecule has 26 heavy (non-hydrogen) atoms. The molecule has 0 aliphatic carbocycles.